The summed E-state index contributed by atoms with van der Waals surface area (Å²) in [7, 11) is 0. The summed E-state index contributed by atoms with van der Waals surface area (Å²) >= 11 is 0. The number of rotatable bonds is 3. The van der Waals surface area contributed by atoms with Gasteiger partial charge in [-0.15, -0.1) is 0 Å². The van der Waals surface area contributed by atoms with Gasteiger partial charge < -0.3 is 5.32 Å². The molecule has 1 aromatic rings. The van der Waals surface area contributed by atoms with Crippen LogP contribution in [0.2, 0.25) is 0 Å². The van der Waals surface area contributed by atoms with E-state index >= 15 is 0 Å². The monoisotopic (exact) mass is 289 g/mol. The maximum absolute atomic E-state index is 12.6. The van der Waals surface area contributed by atoms with Crippen molar-refractivity contribution in [1.29, 1.82) is 0 Å². The molecule has 1 fully saturated rings. The molecule has 6 heteroatoms. The number of Topliss-reactive ketones (excluding diaryl/α,β-unsaturated/α-hetero) is 1. The number of aromatic nitrogens is 1. The lowest BCUT2D eigenvalue weighted by Gasteiger charge is -2.22. The molecule has 1 aliphatic rings. The van der Waals surface area contributed by atoms with Crippen LogP contribution in [0.3, 0.4) is 0 Å². The molecule has 1 N–H and O–H groups in total. The fourth-order valence-electron chi connectivity index (χ4n) is 2.05. The van der Waals surface area contributed by atoms with Crippen molar-refractivity contribution in [2.24, 2.45) is 5.41 Å². The minimum absolute atomic E-state index is 0.170. The zero-order chi connectivity index (χ0) is 15.8. The highest BCUT2D eigenvalue weighted by Gasteiger charge is 2.50. The van der Waals surface area contributed by atoms with Crippen LogP contribution in [0.4, 0.5) is 4.79 Å². The minimum Gasteiger partial charge on any atom is -0.318 e. The van der Waals surface area contributed by atoms with Crippen LogP contribution in [-0.2, 0) is 15.1 Å². The lowest BCUT2D eigenvalue weighted by molar-refractivity contribution is -0.136. The zero-order valence-electron chi connectivity index (χ0n) is 12.6. The quantitative estimate of drug-likeness (QED) is 0.854. The first kappa shape index (κ1) is 15.2. The van der Waals surface area contributed by atoms with E-state index in [4.69, 9.17) is 0 Å². The van der Waals surface area contributed by atoms with Crippen molar-refractivity contribution >= 4 is 17.7 Å². The van der Waals surface area contributed by atoms with Crippen LogP contribution in [0.5, 0.6) is 0 Å². The number of amides is 3. The summed E-state index contributed by atoms with van der Waals surface area (Å²) in [6.45, 7) is 6.64. The van der Waals surface area contributed by atoms with Gasteiger partial charge >= 0.3 is 6.03 Å². The molecule has 21 heavy (non-hydrogen) atoms. The molecule has 112 valence electrons. The van der Waals surface area contributed by atoms with E-state index in [-0.39, 0.29) is 12.3 Å². The number of carbonyl (C=O) groups excluding carboxylic acids is 3. The van der Waals surface area contributed by atoms with Gasteiger partial charge in [0.25, 0.3) is 5.91 Å². The van der Waals surface area contributed by atoms with Gasteiger partial charge in [-0.25, -0.2) is 4.79 Å². The van der Waals surface area contributed by atoms with Gasteiger partial charge in [-0.1, -0.05) is 26.8 Å². The summed E-state index contributed by atoms with van der Waals surface area (Å²) in [4.78, 5) is 41.8. The third-order valence-corrected chi connectivity index (χ3v) is 3.59. The molecule has 0 aliphatic carbocycles. The van der Waals surface area contributed by atoms with Crippen LogP contribution in [0, 0.1) is 5.41 Å². The number of imide groups is 1. The second-order valence-electron chi connectivity index (χ2n) is 6.33. The van der Waals surface area contributed by atoms with E-state index in [2.05, 4.69) is 10.3 Å². The molecule has 6 nitrogen and oxygen atoms in total. The second kappa shape index (κ2) is 4.95. The van der Waals surface area contributed by atoms with Crippen molar-refractivity contribution in [2.75, 3.05) is 6.54 Å². The third-order valence-electron chi connectivity index (χ3n) is 3.59. The number of nitrogens with one attached hydrogen (secondary N) is 1. The Morgan fingerprint density at radius 2 is 2.00 bits per heavy atom. The van der Waals surface area contributed by atoms with Crippen LogP contribution in [-0.4, -0.2) is 34.2 Å². The molecule has 0 bridgehead atoms. The van der Waals surface area contributed by atoms with E-state index in [1.165, 1.54) is 0 Å². The predicted octanol–water partition coefficient (Wildman–Crippen LogP) is 1.46. The molecule has 1 aromatic heterocycles. The Morgan fingerprint density at radius 3 is 2.52 bits per heavy atom. The maximum Gasteiger partial charge on any atom is 0.325 e. The molecule has 1 atom stereocenters. The van der Waals surface area contributed by atoms with Gasteiger partial charge in [0.05, 0.1) is 12.2 Å². The standard InChI is InChI=1S/C15H19N3O3/c1-14(2,3)11(19)9-18-12(20)15(4,17-13(18)21)10-7-5-6-8-16-10/h5-8H,9H2,1-4H3,(H,17,21)/t15-/m0/s1. The zero-order valence-corrected chi connectivity index (χ0v) is 12.6. The van der Waals surface area contributed by atoms with Crippen molar-refractivity contribution in [3.63, 3.8) is 0 Å². The molecule has 2 heterocycles. The Balaban J connectivity index is 2.27. The van der Waals surface area contributed by atoms with Crippen molar-refractivity contribution < 1.29 is 14.4 Å². The Bertz CT molecular complexity index is 592. The highest BCUT2D eigenvalue weighted by atomic mass is 16.2. The number of ketones is 1. The number of carbonyl (C=O) groups is 3. The molecule has 2 rings (SSSR count). The topological polar surface area (TPSA) is 79.4 Å². The molecular weight excluding hydrogens is 270 g/mol. The van der Waals surface area contributed by atoms with E-state index in [0.717, 1.165) is 4.90 Å². The molecule has 3 amide bonds. The van der Waals surface area contributed by atoms with E-state index in [9.17, 15) is 14.4 Å². The van der Waals surface area contributed by atoms with Gasteiger partial charge in [0.1, 0.15) is 0 Å². The summed E-state index contributed by atoms with van der Waals surface area (Å²) < 4.78 is 0. The molecule has 0 spiro atoms. The molecule has 1 aliphatic heterocycles. The second-order valence-corrected chi connectivity index (χ2v) is 6.33. The normalized spacial score (nSPS) is 22.4. The fraction of sp³-hybridized carbons (Fsp3) is 0.467. The van der Waals surface area contributed by atoms with Gasteiger partial charge in [0, 0.05) is 11.6 Å². The van der Waals surface area contributed by atoms with Gasteiger partial charge in [-0.05, 0) is 19.1 Å². The van der Waals surface area contributed by atoms with Gasteiger partial charge in [-0.3, -0.25) is 19.5 Å². The Morgan fingerprint density at radius 1 is 1.33 bits per heavy atom. The predicted molar refractivity (Wildman–Crippen MR) is 76.3 cm³/mol. The maximum atomic E-state index is 12.6. The fourth-order valence-corrected chi connectivity index (χ4v) is 2.05. The van der Waals surface area contributed by atoms with Crippen molar-refractivity contribution in [3.05, 3.63) is 30.1 Å². The van der Waals surface area contributed by atoms with Gasteiger partial charge in [0.15, 0.2) is 11.3 Å². The molecular formula is C15H19N3O3. The molecule has 0 radical (unpaired) electrons. The van der Waals surface area contributed by atoms with Crippen LogP contribution >= 0.6 is 0 Å². The van der Waals surface area contributed by atoms with Crippen molar-refractivity contribution in [2.45, 2.75) is 33.2 Å². The van der Waals surface area contributed by atoms with E-state index in [1.807, 2.05) is 0 Å². The lowest BCUT2D eigenvalue weighted by Crippen LogP contribution is -2.43. The van der Waals surface area contributed by atoms with Gasteiger partial charge in [-0.2, -0.15) is 0 Å². The summed E-state index contributed by atoms with van der Waals surface area (Å²) in [6.07, 6.45) is 1.56. The first-order valence-corrected chi connectivity index (χ1v) is 6.75. The number of hydrogen-bond acceptors (Lipinski definition) is 4. The summed E-state index contributed by atoms with van der Waals surface area (Å²) in [5.74, 6) is -0.625. The smallest absolute Gasteiger partial charge is 0.318 e. The first-order chi connectivity index (χ1) is 9.66. The van der Waals surface area contributed by atoms with Crippen molar-refractivity contribution in [1.82, 2.24) is 15.2 Å². The summed E-state index contributed by atoms with van der Waals surface area (Å²) in [5.41, 5.74) is -1.38. The largest absolute Gasteiger partial charge is 0.325 e. The van der Waals surface area contributed by atoms with Crippen LogP contribution in [0.15, 0.2) is 24.4 Å². The number of nitrogens with zero attached hydrogens (tertiary/aromatic N) is 2. The SMILES string of the molecule is CC(C)(C)C(=O)CN1C(=O)N[C@@](C)(c2ccccn2)C1=O. The molecule has 0 unspecified atom stereocenters. The molecule has 0 aromatic carbocycles. The Labute approximate surface area is 123 Å². The average molecular weight is 289 g/mol. The number of urea groups is 1. The van der Waals surface area contributed by atoms with E-state index in [1.54, 1.807) is 52.1 Å². The highest BCUT2D eigenvalue weighted by molar-refractivity contribution is 6.09. The van der Waals surface area contributed by atoms with E-state index < -0.39 is 22.9 Å². The van der Waals surface area contributed by atoms with Crippen LogP contribution in [0.1, 0.15) is 33.4 Å². The number of hydrogen-bond donors (Lipinski definition) is 1. The lowest BCUT2D eigenvalue weighted by atomic mass is 9.90. The summed E-state index contributed by atoms with van der Waals surface area (Å²) in [6, 6.07) is 4.59. The molecule has 1 saturated heterocycles. The Hall–Kier alpha value is -2.24. The van der Waals surface area contributed by atoms with Crippen molar-refractivity contribution in [3.8, 4) is 0 Å². The third kappa shape index (κ3) is 2.66. The van der Waals surface area contributed by atoms with Crippen LogP contribution in [0.25, 0.3) is 0 Å². The minimum atomic E-state index is -1.23. The van der Waals surface area contributed by atoms with Gasteiger partial charge in [0.2, 0.25) is 0 Å². The van der Waals surface area contributed by atoms with E-state index in [0.29, 0.717) is 5.69 Å². The highest BCUT2D eigenvalue weighted by Crippen LogP contribution is 2.28. The molecule has 0 saturated carbocycles. The number of pyridine rings is 1. The summed E-state index contributed by atoms with van der Waals surface area (Å²) in [5, 5.41) is 2.63. The Kier molecular flexibility index (Phi) is 3.57. The average Bonchev–Trinajstić information content (AvgIpc) is 2.63. The van der Waals surface area contributed by atoms with Crippen LogP contribution < -0.4 is 5.32 Å². The first-order valence-electron chi connectivity index (χ1n) is 6.75.